The van der Waals surface area contributed by atoms with E-state index in [0.29, 0.717) is 18.7 Å². The minimum Gasteiger partial charge on any atom is -0.478 e. The molecule has 0 bridgehead atoms. The third kappa shape index (κ3) is 3.23. The molecule has 19 heavy (non-hydrogen) atoms. The zero-order chi connectivity index (χ0) is 14.0. The van der Waals surface area contributed by atoms with Crippen molar-refractivity contribution < 1.29 is 22.7 Å². The van der Waals surface area contributed by atoms with Crippen LogP contribution in [0.25, 0.3) is 0 Å². The van der Waals surface area contributed by atoms with E-state index < -0.39 is 21.6 Å². The van der Waals surface area contributed by atoms with Gasteiger partial charge in [0.15, 0.2) is 9.84 Å². The molecular formula is C12H14FNO4S. The molecule has 0 spiro atoms. The first-order chi connectivity index (χ1) is 8.89. The average molecular weight is 287 g/mol. The molecule has 0 atom stereocenters. The highest BCUT2D eigenvalue weighted by molar-refractivity contribution is 7.91. The lowest BCUT2D eigenvalue weighted by Gasteiger charge is -2.23. The summed E-state index contributed by atoms with van der Waals surface area (Å²) in [6.07, 6.45) is 0.443. The van der Waals surface area contributed by atoms with Gasteiger partial charge in [-0.15, -0.1) is 0 Å². The summed E-state index contributed by atoms with van der Waals surface area (Å²) in [4.78, 5) is 12.8. The molecule has 0 radical (unpaired) electrons. The number of carboxylic acid groups (broad SMARTS) is 1. The first-order valence-corrected chi connectivity index (χ1v) is 7.69. The van der Waals surface area contributed by atoms with Crippen LogP contribution in [0.15, 0.2) is 18.2 Å². The Bertz CT molecular complexity index is 600. The molecule has 104 valence electrons. The van der Waals surface area contributed by atoms with Crippen LogP contribution in [0.3, 0.4) is 0 Å². The maximum atomic E-state index is 13.1. The van der Waals surface area contributed by atoms with Crippen molar-refractivity contribution in [3.8, 4) is 0 Å². The van der Waals surface area contributed by atoms with Crippen LogP contribution in [-0.2, 0) is 9.84 Å². The number of carboxylic acids is 1. The highest BCUT2D eigenvalue weighted by Crippen LogP contribution is 2.23. The molecule has 1 aromatic carbocycles. The van der Waals surface area contributed by atoms with E-state index in [1.165, 1.54) is 12.1 Å². The van der Waals surface area contributed by atoms with E-state index in [1.54, 1.807) is 4.90 Å². The first-order valence-electron chi connectivity index (χ1n) is 5.87. The maximum absolute atomic E-state index is 13.1. The topological polar surface area (TPSA) is 74.7 Å². The summed E-state index contributed by atoms with van der Waals surface area (Å²) in [5, 5.41) is 9.08. The van der Waals surface area contributed by atoms with Gasteiger partial charge in [-0.25, -0.2) is 17.6 Å². The molecule has 0 amide bonds. The minimum atomic E-state index is -3.06. The van der Waals surface area contributed by atoms with Gasteiger partial charge in [-0.05, 0) is 24.6 Å². The fraction of sp³-hybridized carbons (Fsp3) is 0.417. The van der Waals surface area contributed by atoms with Gasteiger partial charge in [-0.2, -0.15) is 0 Å². The number of hydrogen-bond donors (Lipinski definition) is 1. The molecule has 1 fully saturated rings. The van der Waals surface area contributed by atoms with Crippen molar-refractivity contribution >= 4 is 21.5 Å². The quantitative estimate of drug-likeness (QED) is 0.883. The molecule has 5 nitrogen and oxygen atoms in total. The van der Waals surface area contributed by atoms with E-state index in [0.717, 1.165) is 6.07 Å². The molecule has 2 rings (SSSR count). The molecule has 7 heteroatoms. The third-order valence-corrected chi connectivity index (χ3v) is 4.80. The van der Waals surface area contributed by atoms with Crippen molar-refractivity contribution in [3.63, 3.8) is 0 Å². The smallest absolute Gasteiger partial charge is 0.337 e. The number of anilines is 1. The summed E-state index contributed by atoms with van der Waals surface area (Å²) in [6, 6.07) is 3.52. The largest absolute Gasteiger partial charge is 0.478 e. The molecule has 0 saturated carbocycles. The number of benzene rings is 1. The van der Waals surface area contributed by atoms with Gasteiger partial charge in [-0.1, -0.05) is 0 Å². The number of hydrogen-bond acceptors (Lipinski definition) is 4. The minimum absolute atomic E-state index is 0.0105. The normalized spacial score (nSPS) is 18.9. The average Bonchev–Trinajstić information content (AvgIpc) is 2.50. The molecular weight excluding hydrogens is 273 g/mol. The monoisotopic (exact) mass is 287 g/mol. The molecule has 1 aromatic rings. The lowest BCUT2D eigenvalue weighted by molar-refractivity contribution is 0.0697. The highest BCUT2D eigenvalue weighted by Gasteiger charge is 2.22. The van der Waals surface area contributed by atoms with E-state index in [-0.39, 0.29) is 23.6 Å². The Kier molecular flexibility index (Phi) is 3.75. The second-order valence-corrected chi connectivity index (χ2v) is 6.76. The number of halogens is 1. The Balaban J connectivity index is 2.34. The molecule has 0 aliphatic carbocycles. The van der Waals surface area contributed by atoms with Crippen LogP contribution in [0.4, 0.5) is 10.1 Å². The van der Waals surface area contributed by atoms with Crippen LogP contribution < -0.4 is 4.90 Å². The van der Waals surface area contributed by atoms with Crippen molar-refractivity contribution in [2.24, 2.45) is 0 Å². The van der Waals surface area contributed by atoms with Crippen molar-refractivity contribution in [2.45, 2.75) is 6.42 Å². The van der Waals surface area contributed by atoms with E-state index in [1.807, 2.05) is 0 Å². The van der Waals surface area contributed by atoms with E-state index in [9.17, 15) is 17.6 Å². The van der Waals surface area contributed by atoms with Crippen LogP contribution in [0.5, 0.6) is 0 Å². The predicted molar refractivity (Wildman–Crippen MR) is 68.8 cm³/mol. The van der Waals surface area contributed by atoms with Crippen molar-refractivity contribution in [3.05, 3.63) is 29.6 Å². The number of sulfone groups is 1. The van der Waals surface area contributed by atoms with Crippen LogP contribution in [0.2, 0.25) is 0 Å². The van der Waals surface area contributed by atoms with Gasteiger partial charge in [0, 0.05) is 13.1 Å². The summed E-state index contributed by atoms with van der Waals surface area (Å²) in [5.74, 6) is -1.75. The zero-order valence-corrected chi connectivity index (χ0v) is 11.0. The Morgan fingerprint density at radius 1 is 1.26 bits per heavy atom. The Hall–Kier alpha value is -1.63. The van der Waals surface area contributed by atoms with Crippen LogP contribution >= 0.6 is 0 Å². The molecule has 1 heterocycles. The van der Waals surface area contributed by atoms with Crippen LogP contribution in [0.1, 0.15) is 16.8 Å². The number of nitrogens with zero attached hydrogens (tertiary/aromatic N) is 1. The van der Waals surface area contributed by atoms with Gasteiger partial charge in [0.05, 0.1) is 22.8 Å². The molecule has 0 aromatic heterocycles. The zero-order valence-electron chi connectivity index (χ0n) is 10.2. The van der Waals surface area contributed by atoms with Crippen LogP contribution in [-0.4, -0.2) is 44.1 Å². The Morgan fingerprint density at radius 2 is 2.00 bits per heavy atom. The summed E-state index contributed by atoms with van der Waals surface area (Å²) in [7, 11) is -3.06. The van der Waals surface area contributed by atoms with E-state index in [4.69, 9.17) is 5.11 Å². The van der Waals surface area contributed by atoms with Crippen molar-refractivity contribution in [2.75, 3.05) is 29.5 Å². The fourth-order valence-electron chi connectivity index (χ4n) is 2.13. The fourth-order valence-corrected chi connectivity index (χ4v) is 3.41. The van der Waals surface area contributed by atoms with Gasteiger partial charge in [-0.3, -0.25) is 0 Å². The van der Waals surface area contributed by atoms with Crippen molar-refractivity contribution in [1.82, 2.24) is 0 Å². The second kappa shape index (κ2) is 5.16. The maximum Gasteiger partial charge on any atom is 0.337 e. The van der Waals surface area contributed by atoms with E-state index >= 15 is 0 Å². The van der Waals surface area contributed by atoms with Gasteiger partial charge >= 0.3 is 5.97 Å². The Labute approximate surface area is 110 Å². The Morgan fingerprint density at radius 3 is 2.68 bits per heavy atom. The van der Waals surface area contributed by atoms with E-state index in [2.05, 4.69) is 0 Å². The van der Waals surface area contributed by atoms with Gasteiger partial charge < -0.3 is 10.0 Å². The summed E-state index contributed by atoms with van der Waals surface area (Å²) in [6.45, 7) is 0.680. The summed E-state index contributed by atoms with van der Waals surface area (Å²) >= 11 is 0. The summed E-state index contributed by atoms with van der Waals surface area (Å²) in [5.41, 5.74) is 0.227. The van der Waals surface area contributed by atoms with Crippen LogP contribution in [0, 0.1) is 5.82 Å². The SMILES string of the molecule is O=C(O)c1cc(F)ccc1N1CCCS(=O)(=O)CC1. The van der Waals surface area contributed by atoms with Gasteiger partial charge in [0.2, 0.25) is 0 Å². The number of carbonyl (C=O) groups is 1. The molecule has 1 N–H and O–H groups in total. The van der Waals surface area contributed by atoms with Gasteiger partial charge in [0.1, 0.15) is 5.82 Å². The lowest BCUT2D eigenvalue weighted by atomic mass is 10.1. The molecule has 1 saturated heterocycles. The number of aromatic carboxylic acids is 1. The first kappa shape index (κ1) is 13.8. The molecule has 1 aliphatic rings. The number of rotatable bonds is 2. The highest BCUT2D eigenvalue weighted by atomic mass is 32.2. The summed E-state index contributed by atoms with van der Waals surface area (Å²) < 4.78 is 36.1. The third-order valence-electron chi connectivity index (χ3n) is 3.09. The molecule has 0 unspecified atom stereocenters. The second-order valence-electron chi connectivity index (χ2n) is 4.46. The van der Waals surface area contributed by atoms with Gasteiger partial charge in [0.25, 0.3) is 0 Å². The standard InChI is InChI=1S/C12H14FNO4S/c13-9-2-3-11(10(8-9)12(15)16)14-4-1-6-19(17,18)7-5-14/h2-3,8H,1,4-7H2,(H,15,16). The predicted octanol–water partition coefficient (Wildman–Crippen LogP) is 1.15. The molecule has 1 aliphatic heterocycles. The lowest BCUT2D eigenvalue weighted by Crippen LogP contribution is -2.28. The van der Waals surface area contributed by atoms with Crippen molar-refractivity contribution in [1.29, 1.82) is 0 Å².